The van der Waals surface area contributed by atoms with Crippen molar-refractivity contribution >= 4 is 39.1 Å². The zero-order chi connectivity index (χ0) is 33.1. The third kappa shape index (κ3) is 8.68. The molecule has 4 rings (SSSR count). The minimum absolute atomic E-state index is 0.0158. The third-order valence-electron chi connectivity index (χ3n) is 7.61. The van der Waals surface area contributed by atoms with Gasteiger partial charge in [0.1, 0.15) is 18.3 Å². The van der Waals surface area contributed by atoms with E-state index in [2.05, 4.69) is 5.32 Å². The first-order valence-electron chi connectivity index (χ1n) is 15.3. The molecule has 242 valence electrons. The number of halogens is 1. The number of sulfonamides is 1. The Labute approximate surface area is 277 Å². The standard InChI is InChI=1S/C36H40ClN3O5S/c1-4-27(3)38-36(42)33(24-28-16-8-6-9-17-28)39(25-29-18-12-13-21-31(29)37)35(41)26-40(32-22-14-15-23-34(32)45-5-2)46(43,44)30-19-10-7-11-20-30/h6-23,27,33H,4-5,24-26H2,1-3H3,(H,38,42)/t27-,33+/m0/s1. The molecule has 0 radical (unpaired) electrons. The summed E-state index contributed by atoms with van der Waals surface area (Å²) in [5, 5.41) is 3.46. The fraction of sp³-hybridized carbons (Fsp3) is 0.278. The Hall–Kier alpha value is -4.34. The van der Waals surface area contributed by atoms with E-state index in [4.69, 9.17) is 16.3 Å². The average Bonchev–Trinajstić information content (AvgIpc) is 3.07. The van der Waals surface area contributed by atoms with Crippen LogP contribution in [0.5, 0.6) is 5.75 Å². The van der Waals surface area contributed by atoms with Gasteiger partial charge in [0.2, 0.25) is 11.8 Å². The number of ether oxygens (including phenoxy) is 1. The van der Waals surface area contributed by atoms with E-state index in [-0.39, 0.29) is 42.1 Å². The van der Waals surface area contributed by atoms with E-state index in [1.165, 1.54) is 17.0 Å². The van der Waals surface area contributed by atoms with Crippen molar-refractivity contribution in [3.8, 4) is 5.75 Å². The number of amides is 2. The van der Waals surface area contributed by atoms with Gasteiger partial charge in [0.05, 0.1) is 17.2 Å². The number of nitrogens with zero attached hydrogens (tertiary/aromatic N) is 2. The van der Waals surface area contributed by atoms with Crippen LogP contribution >= 0.6 is 11.6 Å². The van der Waals surface area contributed by atoms with Gasteiger partial charge in [-0.2, -0.15) is 0 Å². The Morgan fingerprint density at radius 1 is 0.848 bits per heavy atom. The topological polar surface area (TPSA) is 96.0 Å². The van der Waals surface area contributed by atoms with Crippen LogP contribution in [0.4, 0.5) is 5.69 Å². The highest BCUT2D eigenvalue weighted by Gasteiger charge is 2.36. The van der Waals surface area contributed by atoms with Gasteiger partial charge in [-0.15, -0.1) is 0 Å². The van der Waals surface area contributed by atoms with Crippen molar-refractivity contribution in [2.75, 3.05) is 17.5 Å². The van der Waals surface area contributed by atoms with Crippen LogP contribution in [0.15, 0.2) is 114 Å². The molecule has 0 aromatic heterocycles. The van der Waals surface area contributed by atoms with Crippen LogP contribution in [0.25, 0.3) is 0 Å². The van der Waals surface area contributed by atoms with Gasteiger partial charge in [-0.1, -0.05) is 97.4 Å². The van der Waals surface area contributed by atoms with E-state index in [1.807, 2.05) is 44.2 Å². The highest BCUT2D eigenvalue weighted by molar-refractivity contribution is 7.92. The fourth-order valence-electron chi connectivity index (χ4n) is 4.98. The van der Waals surface area contributed by atoms with Crippen LogP contribution in [-0.4, -0.2) is 50.4 Å². The van der Waals surface area contributed by atoms with Gasteiger partial charge >= 0.3 is 0 Å². The molecule has 2 atom stereocenters. The molecule has 0 bridgehead atoms. The van der Waals surface area contributed by atoms with E-state index >= 15 is 0 Å². The molecular weight excluding hydrogens is 622 g/mol. The molecule has 1 N–H and O–H groups in total. The zero-order valence-electron chi connectivity index (χ0n) is 26.3. The summed E-state index contributed by atoms with van der Waals surface area (Å²) in [5.74, 6) is -0.609. The maximum Gasteiger partial charge on any atom is 0.264 e. The van der Waals surface area contributed by atoms with E-state index in [9.17, 15) is 18.0 Å². The van der Waals surface area contributed by atoms with Crippen molar-refractivity contribution in [3.05, 3.63) is 125 Å². The first-order valence-corrected chi connectivity index (χ1v) is 17.1. The van der Waals surface area contributed by atoms with Gasteiger partial charge in [0.15, 0.2) is 0 Å². The first-order chi connectivity index (χ1) is 22.1. The lowest BCUT2D eigenvalue weighted by molar-refractivity contribution is -0.140. The average molecular weight is 662 g/mol. The maximum absolute atomic E-state index is 14.6. The quantitative estimate of drug-likeness (QED) is 0.157. The number of anilines is 1. The molecule has 4 aromatic rings. The molecule has 8 nitrogen and oxygen atoms in total. The van der Waals surface area contributed by atoms with Gasteiger partial charge in [-0.3, -0.25) is 13.9 Å². The molecule has 0 unspecified atom stereocenters. The smallest absolute Gasteiger partial charge is 0.264 e. The van der Waals surface area contributed by atoms with Crippen molar-refractivity contribution < 1.29 is 22.7 Å². The van der Waals surface area contributed by atoms with Crippen molar-refractivity contribution in [1.29, 1.82) is 0 Å². The summed E-state index contributed by atoms with van der Waals surface area (Å²) in [4.78, 5) is 30.0. The number of carbonyl (C=O) groups is 2. The van der Waals surface area contributed by atoms with E-state index in [0.717, 1.165) is 9.87 Å². The van der Waals surface area contributed by atoms with Gasteiger partial charge in [0.25, 0.3) is 10.0 Å². The molecule has 4 aromatic carbocycles. The Kier molecular flexibility index (Phi) is 12.2. The summed E-state index contributed by atoms with van der Waals surface area (Å²) in [6, 6.07) is 30.0. The monoisotopic (exact) mass is 661 g/mol. The summed E-state index contributed by atoms with van der Waals surface area (Å²) < 4.78 is 35.3. The molecule has 0 saturated carbocycles. The predicted octanol–water partition coefficient (Wildman–Crippen LogP) is 6.49. The number of rotatable bonds is 15. The predicted molar refractivity (Wildman–Crippen MR) is 182 cm³/mol. The zero-order valence-corrected chi connectivity index (χ0v) is 27.9. The van der Waals surface area contributed by atoms with Crippen LogP contribution in [0, 0.1) is 0 Å². The molecule has 2 amide bonds. The SMILES string of the molecule is CCOc1ccccc1N(CC(=O)N(Cc1ccccc1Cl)[C@H](Cc1ccccc1)C(=O)N[C@@H](C)CC)S(=O)(=O)c1ccccc1. The maximum atomic E-state index is 14.6. The molecule has 0 aliphatic carbocycles. The number of nitrogens with one attached hydrogen (secondary N) is 1. The Balaban J connectivity index is 1.84. The second-order valence-corrected chi connectivity index (χ2v) is 13.1. The van der Waals surface area contributed by atoms with Crippen LogP contribution in [0.3, 0.4) is 0 Å². The lowest BCUT2D eigenvalue weighted by atomic mass is 10.0. The third-order valence-corrected chi connectivity index (χ3v) is 9.76. The second kappa shape index (κ2) is 16.3. The van der Waals surface area contributed by atoms with E-state index in [1.54, 1.807) is 73.7 Å². The summed E-state index contributed by atoms with van der Waals surface area (Å²) in [6.07, 6.45) is 0.903. The van der Waals surface area contributed by atoms with Crippen LogP contribution in [0.1, 0.15) is 38.3 Å². The van der Waals surface area contributed by atoms with Gasteiger partial charge in [-0.05, 0) is 61.7 Å². The molecule has 10 heteroatoms. The van der Waals surface area contributed by atoms with E-state index in [0.29, 0.717) is 22.8 Å². The fourth-order valence-corrected chi connectivity index (χ4v) is 6.62. The van der Waals surface area contributed by atoms with Crippen molar-refractivity contribution in [2.45, 2.75) is 57.1 Å². The number of hydrogen-bond acceptors (Lipinski definition) is 5. The highest BCUT2D eigenvalue weighted by Crippen LogP contribution is 2.33. The van der Waals surface area contributed by atoms with E-state index < -0.39 is 28.5 Å². The first kappa shape index (κ1) is 34.5. The van der Waals surface area contributed by atoms with Crippen LogP contribution < -0.4 is 14.4 Å². The molecule has 0 aliphatic heterocycles. The molecular formula is C36H40ClN3O5S. The minimum atomic E-state index is -4.25. The molecule has 46 heavy (non-hydrogen) atoms. The number of carbonyl (C=O) groups excluding carboxylic acids is 2. The van der Waals surface area contributed by atoms with Crippen LogP contribution in [0.2, 0.25) is 5.02 Å². The molecule has 0 aliphatic rings. The van der Waals surface area contributed by atoms with Crippen molar-refractivity contribution in [2.24, 2.45) is 0 Å². The Bertz CT molecular complexity index is 1700. The lowest BCUT2D eigenvalue weighted by Crippen LogP contribution is -2.54. The summed E-state index contributed by atoms with van der Waals surface area (Å²) in [5.41, 5.74) is 1.68. The minimum Gasteiger partial charge on any atom is -0.492 e. The lowest BCUT2D eigenvalue weighted by Gasteiger charge is -2.34. The number of hydrogen-bond donors (Lipinski definition) is 1. The van der Waals surface area contributed by atoms with Gasteiger partial charge in [-0.25, -0.2) is 8.42 Å². The van der Waals surface area contributed by atoms with Crippen molar-refractivity contribution in [1.82, 2.24) is 10.2 Å². The summed E-state index contributed by atoms with van der Waals surface area (Å²) in [6.45, 7) is 5.34. The highest BCUT2D eigenvalue weighted by atomic mass is 35.5. The Morgan fingerprint density at radius 3 is 2.11 bits per heavy atom. The van der Waals surface area contributed by atoms with Crippen molar-refractivity contribution in [3.63, 3.8) is 0 Å². The second-order valence-electron chi connectivity index (χ2n) is 10.9. The van der Waals surface area contributed by atoms with Gasteiger partial charge < -0.3 is 15.0 Å². The normalized spacial score (nSPS) is 12.5. The molecule has 0 fully saturated rings. The summed E-state index contributed by atoms with van der Waals surface area (Å²) >= 11 is 6.57. The summed E-state index contributed by atoms with van der Waals surface area (Å²) in [7, 11) is -4.25. The molecule has 0 spiro atoms. The molecule has 0 saturated heterocycles. The van der Waals surface area contributed by atoms with Crippen LogP contribution in [-0.2, 0) is 32.6 Å². The number of para-hydroxylation sites is 2. The number of benzene rings is 4. The largest absolute Gasteiger partial charge is 0.492 e. The Morgan fingerprint density at radius 2 is 1.46 bits per heavy atom. The molecule has 0 heterocycles. The van der Waals surface area contributed by atoms with Gasteiger partial charge in [0, 0.05) is 24.0 Å².